The number of nitrogens with one attached hydrogen (secondary N) is 1. The van der Waals surface area contributed by atoms with Gasteiger partial charge in [-0.05, 0) is 36.6 Å². The Hall–Kier alpha value is -2.81. The van der Waals surface area contributed by atoms with Gasteiger partial charge in [0, 0.05) is 6.20 Å². The molecule has 3 aromatic rings. The lowest BCUT2D eigenvalue weighted by Crippen LogP contribution is -2.15. The van der Waals surface area contributed by atoms with Crippen LogP contribution in [-0.2, 0) is 12.6 Å². The number of thiophene rings is 1. The van der Waals surface area contributed by atoms with Crippen LogP contribution in [0.1, 0.15) is 53.6 Å². The van der Waals surface area contributed by atoms with E-state index in [1.54, 1.807) is 29.7 Å². The molecule has 0 bridgehead atoms. The zero-order valence-corrected chi connectivity index (χ0v) is 18.5. The smallest absolute Gasteiger partial charge is 0.432 e. The largest absolute Gasteiger partial charge is 0.485 e. The number of fused-ring (bicyclic) bond motifs is 1. The van der Waals surface area contributed by atoms with Crippen molar-refractivity contribution >= 4 is 23.5 Å². The van der Waals surface area contributed by atoms with Crippen LogP contribution >= 0.6 is 11.3 Å². The second kappa shape index (κ2) is 9.77. The lowest BCUT2D eigenvalue weighted by atomic mass is 10.1. The van der Waals surface area contributed by atoms with Crippen molar-refractivity contribution < 1.29 is 22.6 Å². The van der Waals surface area contributed by atoms with E-state index in [-0.39, 0.29) is 5.69 Å². The number of alkyl halides is 3. The third-order valence-corrected chi connectivity index (χ3v) is 6.29. The molecule has 0 amide bonds. The minimum atomic E-state index is -4.46. The van der Waals surface area contributed by atoms with Gasteiger partial charge in [0.2, 0.25) is 0 Å². The highest BCUT2D eigenvalue weighted by atomic mass is 32.1. The monoisotopic (exact) mass is 463 g/mol. The van der Waals surface area contributed by atoms with E-state index in [0.717, 1.165) is 40.8 Å². The minimum absolute atomic E-state index is 0.151. The molecule has 32 heavy (non-hydrogen) atoms. The molecule has 5 nitrogen and oxygen atoms in total. The Balaban J connectivity index is 1.48. The van der Waals surface area contributed by atoms with E-state index in [1.165, 1.54) is 24.1 Å². The molecule has 4 heterocycles. The zero-order chi connectivity index (χ0) is 22.6. The van der Waals surface area contributed by atoms with Crippen LogP contribution in [0.3, 0.4) is 0 Å². The van der Waals surface area contributed by atoms with Crippen molar-refractivity contribution in [2.45, 2.75) is 45.2 Å². The Kier molecular flexibility index (Phi) is 6.83. The maximum Gasteiger partial charge on any atom is 0.432 e. The van der Waals surface area contributed by atoms with Crippen LogP contribution in [0.15, 0.2) is 24.4 Å². The molecule has 0 fully saturated rings. The maximum absolute atomic E-state index is 12.7. The van der Waals surface area contributed by atoms with E-state index in [4.69, 9.17) is 9.47 Å². The van der Waals surface area contributed by atoms with Crippen molar-refractivity contribution in [1.82, 2.24) is 15.2 Å². The van der Waals surface area contributed by atoms with Gasteiger partial charge in [-0.2, -0.15) is 18.3 Å². The lowest BCUT2D eigenvalue weighted by Gasteiger charge is -2.16. The second-order valence-corrected chi connectivity index (χ2v) is 8.67. The van der Waals surface area contributed by atoms with E-state index in [2.05, 4.69) is 17.0 Å². The fourth-order valence-corrected chi connectivity index (χ4v) is 4.58. The summed E-state index contributed by atoms with van der Waals surface area (Å²) < 4.78 is 50.0. The fourth-order valence-electron chi connectivity index (χ4n) is 3.45. The van der Waals surface area contributed by atoms with Crippen LogP contribution in [0.2, 0.25) is 0 Å². The molecule has 0 radical (unpaired) electrons. The molecular weight excluding hydrogens is 439 g/mol. The summed E-state index contributed by atoms with van der Waals surface area (Å²) in [7, 11) is 0. The normalized spacial score (nSPS) is 13.8. The highest BCUT2D eigenvalue weighted by Crippen LogP contribution is 2.45. The molecule has 0 atom stereocenters. The molecule has 0 saturated carbocycles. The van der Waals surface area contributed by atoms with Crippen molar-refractivity contribution in [3.8, 4) is 22.9 Å². The SMILES string of the molecule is CCCCCCc1sc(/C=C/c2ccc(-c3cc(C(F)(F)F)[nH]n3)nc2)c2c1OCCO2. The number of nitrogens with zero attached hydrogens (tertiary/aromatic N) is 2. The summed E-state index contributed by atoms with van der Waals surface area (Å²) in [6.45, 7) is 3.28. The number of ether oxygens (including phenoxy) is 2. The second-order valence-electron chi connectivity index (χ2n) is 7.53. The summed E-state index contributed by atoms with van der Waals surface area (Å²) in [5.41, 5.74) is 0.448. The number of halogens is 3. The topological polar surface area (TPSA) is 60.0 Å². The van der Waals surface area contributed by atoms with Gasteiger partial charge in [0.1, 0.15) is 24.6 Å². The summed E-state index contributed by atoms with van der Waals surface area (Å²) in [6.07, 6.45) is 6.77. The average molecular weight is 464 g/mol. The number of aryl methyl sites for hydroxylation is 1. The number of unbranched alkanes of at least 4 members (excludes halogenated alkanes) is 3. The molecule has 1 aliphatic rings. The van der Waals surface area contributed by atoms with E-state index >= 15 is 0 Å². The van der Waals surface area contributed by atoms with Gasteiger partial charge in [0.15, 0.2) is 11.5 Å². The number of pyridine rings is 1. The van der Waals surface area contributed by atoms with Crippen LogP contribution in [0.25, 0.3) is 23.5 Å². The van der Waals surface area contributed by atoms with Gasteiger partial charge in [-0.15, -0.1) is 11.3 Å². The van der Waals surface area contributed by atoms with E-state index in [9.17, 15) is 13.2 Å². The number of H-pyrrole nitrogens is 1. The van der Waals surface area contributed by atoms with E-state index < -0.39 is 11.9 Å². The van der Waals surface area contributed by atoms with Gasteiger partial charge in [-0.1, -0.05) is 38.3 Å². The van der Waals surface area contributed by atoms with Crippen molar-refractivity contribution in [1.29, 1.82) is 0 Å². The van der Waals surface area contributed by atoms with Crippen LogP contribution in [-0.4, -0.2) is 28.4 Å². The molecule has 3 aromatic heterocycles. The highest BCUT2D eigenvalue weighted by Gasteiger charge is 2.33. The fraction of sp³-hybridized carbons (Fsp3) is 0.391. The number of hydrogen-bond donors (Lipinski definition) is 1. The van der Waals surface area contributed by atoms with Crippen molar-refractivity contribution in [2.75, 3.05) is 13.2 Å². The van der Waals surface area contributed by atoms with Crippen molar-refractivity contribution in [3.63, 3.8) is 0 Å². The third-order valence-electron chi connectivity index (χ3n) is 5.11. The molecular formula is C23H24F3N3O2S. The van der Waals surface area contributed by atoms with E-state index in [0.29, 0.717) is 18.9 Å². The van der Waals surface area contributed by atoms with Gasteiger partial charge in [0.25, 0.3) is 0 Å². The van der Waals surface area contributed by atoms with Gasteiger partial charge in [-0.25, -0.2) is 0 Å². The zero-order valence-electron chi connectivity index (χ0n) is 17.7. The molecule has 0 spiro atoms. The Morgan fingerprint density at radius 2 is 1.88 bits per heavy atom. The Labute approximate surface area is 188 Å². The maximum atomic E-state index is 12.7. The third kappa shape index (κ3) is 5.15. The predicted molar refractivity (Wildman–Crippen MR) is 119 cm³/mol. The van der Waals surface area contributed by atoms with E-state index in [1.807, 2.05) is 17.3 Å². The molecule has 4 rings (SSSR count). The van der Waals surface area contributed by atoms with Crippen LogP contribution in [0.5, 0.6) is 11.5 Å². The Morgan fingerprint density at radius 3 is 2.56 bits per heavy atom. The molecule has 0 aliphatic carbocycles. The molecule has 0 saturated heterocycles. The number of rotatable bonds is 8. The molecule has 1 N–H and O–H groups in total. The highest BCUT2D eigenvalue weighted by molar-refractivity contribution is 7.13. The molecule has 0 aromatic carbocycles. The van der Waals surface area contributed by atoms with Crippen LogP contribution in [0.4, 0.5) is 13.2 Å². The van der Waals surface area contributed by atoms with Crippen molar-refractivity contribution in [2.24, 2.45) is 0 Å². The quantitative estimate of drug-likeness (QED) is 0.382. The van der Waals surface area contributed by atoms with Gasteiger partial charge >= 0.3 is 6.18 Å². The molecule has 0 unspecified atom stereocenters. The predicted octanol–water partition coefficient (Wildman–Crippen LogP) is 6.62. The summed E-state index contributed by atoms with van der Waals surface area (Å²) in [5, 5.41) is 5.71. The van der Waals surface area contributed by atoms with Gasteiger partial charge < -0.3 is 9.47 Å². The number of aromatic nitrogens is 3. The number of hydrogen-bond acceptors (Lipinski definition) is 5. The Bertz CT molecular complexity index is 1070. The van der Waals surface area contributed by atoms with Gasteiger partial charge in [0.05, 0.1) is 15.4 Å². The first-order valence-electron chi connectivity index (χ1n) is 10.6. The van der Waals surface area contributed by atoms with Crippen molar-refractivity contribution in [3.05, 3.63) is 45.4 Å². The number of aromatic amines is 1. The summed E-state index contributed by atoms with van der Waals surface area (Å²) >= 11 is 1.68. The summed E-state index contributed by atoms with van der Waals surface area (Å²) in [4.78, 5) is 6.46. The van der Waals surface area contributed by atoms with Crippen LogP contribution < -0.4 is 9.47 Å². The first-order chi connectivity index (χ1) is 15.5. The summed E-state index contributed by atoms with van der Waals surface area (Å²) in [6, 6.07) is 4.40. The van der Waals surface area contributed by atoms with Gasteiger partial charge in [-0.3, -0.25) is 10.1 Å². The standard InChI is InChI=1S/C23H24F3N3O2S/c1-2-3-4-5-6-18-21-22(31-12-11-30-21)19(32-18)10-8-15-7-9-16(27-14-15)17-13-20(29-28-17)23(24,25)26/h7-10,13-14H,2-6,11-12H2,1H3,(H,28,29)/b10-8+. The molecule has 9 heteroatoms. The average Bonchev–Trinajstić information content (AvgIpc) is 3.42. The summed E-state index contributed by atoms with van der Waals surface area (Å²) in [5.74, 6) is 1.66. The Morgan fingerprint density at radius 1 is 1.06 bits per heavy atom. The first kappa shape index (κ1) is 22.4. The minimum Gasteiger partial charge on any atom is -0.485 e. The van der Waals surface area contributed by atoms with Crippen LogP contribution in [0, 0.1) is 0 Å². The first-order valence-corrected chi connectivity index (χ1v) is 11.5. The lowest BCUT2D eigenvalue weighted by molar-refractivity contribution is -0.141. The molecule has 1 aliphatic heterocycles. The molecule has 170 valence electrons.